The average Bonchev–Trinajstić information content (AvgIpc) is 2.59. The fraction of sp³-hybridized carbons (Fsp3) is 0.545. The molecule has 3 heteroatoms. The number of carbonyl (C=O) groups is 1. The van der Waals surface area contributed by atoms with E-state index in [1.54, 1.807) is 6.08 Å². The lowest BCUT2D eigenvalue weighted by Crippen LogP contribution is -2.27. The molecule has 1 aliphatic rings. The maximum atomic E-state index is 11.0. The molecule has 78 valence electrons. The van der Waals surface area contributed by atoms with Gasteiger partial charge in [-0.15, -0.1) is 0 Å². The van der Waals surface area contributed by atoms with Crippen LogP contribution in [0.5, 0.6) is 0 Å². The van der Waals surface area contributed by atoms with Crippen molar-refractivity contribution in [2.45, 2.75) is 33.2 Å². The first-order valence-electron chi connectivity index (χ1n) is 5.04. The normalized spacial score (nSPS) is 20.5. The largest absolute Gasteiger partial charge is 0.374 e. The average molecular weight is 211 g/mol. The van der Waals surface area contributed by atoms with Crippen LogP contribution in [0, 0.1) is 0 Å². The third-order valence-corrected chi connectivity index (χ3v) is 3.23. The van der Waals surface area contributed by atoms with Gasteiger partial charge in [0.25, 0.3) is 0 Å². The molecule has 0 aromatic heterocycles. The SMILES string of the molecule is CCC(C)N(/C=C1/C=CC(=O)S1)CC. The molecule has 0 aliphatic carbocycles. The van der Waals surface area contributed by atoms with E-state index in [9.17, 15) is 4.79 Å². The Morgan fingerprint density at radius 1 is 1.50 bits per heavy atom. The lowest BCUT2D eigenvalue weighted by atomic mass is 10.2. The minimum Gasteiger partial charge on any atom is -0.374 e. The Kier molecular flexibility index (Phi) is 4.26. The second kappa shape index (κ2) is 5.25. The number of thioether (sulfide) groups is 1. The van der Waals surface area contributed by atoms with Crippen molar-refractivity contribution in [3.8, 4) is 0 Å². The van der Waals surface area contributed by atoms with E-state index in [0.29, 0.717) is 6.04 Å². The maximum absolute atomic E-state index is 11.0. The Balaban J connectivity index is 2.64. The fourth-order valence-electron chi connectivity index (χ4n) is 1.33. The minimum atomic E-state index is 0.136. The van der Waals surface area contributed by atoms with Gasteiger partial charge in [0.2, 0.25) is 5.12 Å². The highest BCUT2D eigenvalue weighted by Gasteiger charge is 2.12. The minimum absolute atomic E-state index is 0.136. The lowest BCUT2D eigenvalue weighted by Gasteiger charge is -2.25. The van der Waals surface area contributed by atoms with Gasteiger partial charge in [-0.1, -0.05) is 6.92 Å². The molecule has 0 saturated carbocycles. The number of hydrogen-bond acceptors (Lipinski definition) is 3. The molecule has 0 fully saturated rings. The van der Waals surface area contributed by atoms with E-state index in [2.05, 4.69) is 31.9 Å². The molecule has 0 aromatic carbocycles. The van der Waals surface area contributed by atoms with E-state index < -0.39 is 0 Å². The van der Waals surface area contributed by atoms with Crippen molar-refractivity contribution in [1.82, 2.24) is 4.90 Å². The highest BCUT2D eigenvalue weighted by atomic mass is 32.2. The maximum Gasteiger partial charge on any atom is 0.216 e. The predicted octanol–water partition coefficient (Wildman–Crippen LogP) is 2.78. The van der Waals surface area contributed by atoms with Crippen molar-refractivity contribution < 1.29 is 4.79 Å². The van der Waals surface area contributed by atoms with Crippen LogP contribution in [0.15, 0.2) is 23.3 Å². The number of nitrogens with zero attached hydrogens (tertiary/aromatic N) is 1. The second-order valence-electron chi connectivity index (χ2n) is 3.37. The molecule has 1 heterocycles. The number of allylic oxidation sites excluding steroid dienone is 1. The summed E-state index contributed by atoms with van der Waals surface area (Å²) in [5, 5.41) is 0.136. The number of carbonyl (C=O) groups excluding carboxylic acids is 1. The lowest BCUT2D eigenvalue weighted by molar-refractivity contribution is -0.106. The monoisotopic (exact) mass is 211 g/mol. The summed E-state index contributed by atoms with van der Waals surface area (Å²) in [6, 6.07) is 0.539. The van der Waals surface area contributed by atoms with E-state index >= 15 is 0 Å². The molecular weight excluding hydrogens is 194 g/mol. The van der Waals surface area contributed by atoms with Gasteiger partial charge in [0.05, 0.1) is 0 Å². The molecule has 1 atom stereocenters. The Hall–Kier alpha value is -0.700. The van der Waals surface area contributed by atoms with Gasteiger partial charge in [-0.3, -0.25) is 4.79 Å². The second-order valence-corrected chi connectivity index (χ2v) is 4.45. The van der Waals surface area contributed by atoms with Crippen LogP contribution in [0.4, 0.5) is 0 Å². The first-order chi connectivity index (χ1) is 6.67. The Morgan fingerprint density at radius 2 is 2.21 bits per heavy atom. The summed E-state index contributed by atoms with van der Waals surface area (Å²) in [6.45, 7) is 7.50. The summed E-state index contributed by atoms with van der Waals surface area (Å²) in [5.74, 6) is 0. The third-order valence-electron chi connectivity index (χ3n) is 2.42. The van der Waals surface area contributed by atoms with Crippen LogP contribution in [0.3, 0.4) is 0 Å². The van der Waals surface area contributed by atoms with Crippen molar-refractivity contribution in [3.05, 3.63) is 23.3 Å². The Labute approximate surface area is 90.0 Å². The summed E-state index contributed by atoms with van der Waals surface area (Å²) >= 11 is 1.31. The van der Waals surface area contributed by atoms with E-state index in [4.69, 9.17) is 0 Å². The van der Waals surface area contributed by atoms with Crippen molar-refractivity contribution >= 4 is 16.9 Å². The summed E-state index contributed by atoms with van der Waals surface area (Å²) in [7, 11) is 0. The van der Waals surface area contributed by atoms with Gasteiger partial charge in [0.15, 0.2) is 0 Å². The summed E-state index contributed by atoms with van der Waals surface area (Å²) in [4.78, 5) is 14.3. The van der Waals surface area contributed by atoms with Crippen LogP contribution < -0.4 is 0 Å². The van der Waals surface area contributed by atoms with Gasteiger partial charge < -0.3 is 4.90 Å². The molecule has 0 saturated heterocycles. The Bertz CT molecular complexity index is 270. The summed E-state index contributed by atoms with van der Waals surface area (Å²) < 4.78 is 0. The Morgan fingerprint density at radius 3 is 2.64 bits per heavy atom. The smallest absolute Gasteiger partial charge is 0.216 e. The van der Waals surface area contributed by atoms with Crippen molar-refractivity contribution in [2.75, 3.05) is 6.54 Å². The molecule has 1 aliphatic heterocycles. The highest BCUT2D eigenvalue weighted by molar-refractivity contribution is 8.17. The molecule has 0 aromatic rings. The van der Waals surface area contributed by atoms with Crippen LogP contribution >= 0.6 is 11.8 Å². The predicted molar refractivity (Wildman–Crippen MR) is 62.0 cm³/mol. The molecular formula is C11H17NOS. The fourth-order valence-corrected chi connectivity index (χ4v) is 2.02. The number of rotatable bonds is 4. The number of hydrogen-bond donors (Lipinski definition) is 0. The molecule has 0 spiro atoms. The zero-order valence-electron chi connectivity index (χ0n) is 8.99. The van der Waals surface area contributed by atoms with Gasteiger partial charge in [0, 0.05) is 23.7 Å². The van der Waals surface area contributed by atoms with Crippen LogP contribution in [-0.4, -0.2) is 22.6 Å². The third kappa shape index (κ3) is 2.91. The first-order valence-corrected chi connectivity index (χ1v) is 5.86. The van der Waals surface area contributed by atoms with Crippen molar-refractivity contribution in [1.29, 1.82) is 0 Å². The molecule has 1 unspecified atom stereocenters. The first kappa shape index (κ1) is 11.4. The van der Waals surface area contributed by atoms with Crippen LogP contribution in [0.25, 0.3) is 0 Å². The van der Waals surface area contributed by atoms with Crippen molar-refractivity contribution in [3.63, 3.8) is 0 Å². The van der Waals surface area contributed by atoms with Gasteiger partial charge in [-0.25, -0.2) is 0 Å². The molecule has 2 nitrogen and oxygen atoms in total. The van der Waals surface area contributed by atoms with E-state index in [1.807, 2.05) is 6.08 Å². The van der Waals surface area contributed by atoms with Crippen molar-refractivity contribution in [2.24, 2.45) is 0 Å². The zero-order valence-corrected chi connectivity index (χ0v) is 9.80. The molecule has 0 amide bonds. The van der Waals surface area contributed by atoms with Crippen LogP contribution in [-0.2, 0) is 4.79 Å². The van der Waals surface area contributed by atoms with E-state index in [1.165, 1.54) is 11.8 Å². The summed E-state index contributed by atoms with van der Waals surface area (Å²) in [5.41, 5.74) is 0. The van der Waals surface area contributed by atoms with Gasteiger partial charge in [-0.05, 0) is 44.2 Å². The van der Waals surface area contributed by atoms with Crippen LogP contribution in [0.1, 0.15) is 27.2 Å². The summed E-state index contributed by atoms with van der Waals surface area (Å²) in [6.07, 6.45) is 6.72. The molecule has 1 rings (SSSR count). The van der Waals surface area contributed by atoms with E-state index in [0.717, 1.165) is 17.9 Å². The zero-order chi connectivity index (χ0) is 10.6. The van der Waals surface area contributed by atoms with Gasteiger partial charge in [-0.2, -0.15) is 0 Å². The van der Waals surface area contributed by atoms with Gasteiger partial charge in [0.1, 0.15) is 0 Å². The van der Waals surface area contributed by atoms with E-state index in [-0.39, 0.29) is 5.12 Å². The molecule has 0 radical (unpaired) electrons. The molecule has 14 heavy (non-hydrogen) atoms. The van der Waals surface area contributed by atoms with Gasteiger partial charge >= 0.3 is 0 Å². The standard InChI is InChI=1S/C11H17NOS/c1-4-9(3)12(5-2)8-10-6-7-11(13)14-10/h6-9H,4-5H2,1-3H3/b10-8-. The highest BCUT2D eigenvalue weighted by Crippen LogP contribution is 2.26. The quantitative estimate of drug-likeness (QED) is 0.713. The molecule has 0 bridgehead atoms. The van der Waals surface area contributed by atoms with Crippen LogP contribution in [0.2, 0.25) is 0 Å². The molecule has 0 N–H and O–H groups in total. The topological polar surface area (TPSA) is 20.3 Å².